The molecular weight excluding hydrogens is 136 g/mol. The minimum Gasteiger partial charge on any atom is -0.264 e. The molecular formula is C9H8N2. The van der Waals surface area contributed by atoms with E-state index in [0.717, 1.165) is 11.1 Å². The molecule has 0 aromatic carbocycles. The van der Waals surface area contributed by atoms with Crippen LogP contribution in [-0.4, -0.2) is 4.98 Å². The van der Waals surface area contributed by atoms with Crippen LogP contribution in [0.15, 0.2) is 30.6 Å². The summed E-state index contributed by atoms with van der Waals surface area (Å²) in [5.41, 5.74) is 1.94. The molecule has 1 heterocycles. The van der Waals surface area contributed by atoms with Crippen LogP contribution in [0.4, 0.5) is 0 Å². The zero-order valence-corrected chi connectivity index (χ0v) is 6.28. The molecule has 0 amide bonds. The Kier molecular flexibility index (Phi) is 2.40. The maximum Gasteiger partial charge on any atom is 0.0915 e. The minimum atomic E-state index is 0.945. The van der Waals surface area contributed by atoms with E-state index in [2.05, 4.69) is 4.98 Å². The van der Waals surface area contributed by atoms with Crippen LogP contribution in [0.25, 0.3) is 5.57 Å². The molecule has 0 aliphatic heterocycles. The number of rotatable bonds is 1. The topological polar surface area (TPSA) is 36.7 Å². The molecule has 0 saturated heterocycles. The Hall–Kier alpha value is -1.62. The van der Waals surface area contributed by atoms with Crippen LogP contribution < -0.4 is 0 Å². The second-order valence-electron chi connectivity index (χ2n) is 2.20. The summed E-state index contributed by atoms with van der Waals surface area (Å²) in [6.07, 6.45) is 4.96. The Morgan fingerprint density at radius 1 is 1.73 bits per heavy atom. The van der Waals surface area contributed by atoms with E-state index in [1.807, 2.05) is 25.1 Å². The smallest absolute Gasteiger partial charge is 0.0915 e. The normalized spacial score (nSPS) is 10.7. The van der Waals surface area contributed by atoms with Gasteiger partial charge in [-0.15, -0.1) is 0 Å². The van der Waals surface area contributed by atoms with E-state index in [-0.39, 0.29) is 0 Å². The summed E-state index contributed by atoms with van der Waals surface area (Å²) in [5.74, 6) is 0. The van der Waals surface area contributed by atoms with Crippen molar-refractivity contribution in [3.05, 3.63) is 36.2 Å². The number of hydrogen-bond donors (Lipinski definition) is 0. The van der Waals surface area contributed by atoms with Crippen molar-refractivity contribution in [2.75, 3.05) is 0 Å². The first-order chi connectivity index (χ1) is 5.34. The van der Waals surface area contributed by atoms with E-state index < -0.39 is 0 Å². The van der Waals surface area contributed by atoms with Gasteiger partial charge in [-0.1, -0.05) is 6.07 Å². The third kappa shape index (κ3) is 1.91. The Balaban J connectivity index is 2.96. The van der Waals surface area contributed by atoms with Crippen LogP contribution in [0.2, 0.25) is 0 Å². The highest BCUT2D eigenvalue weighted by atomic mass is 14.6. The predicted molar refractivity (Wildman–Crippen MR) is 43.5 cm³/mol. The van der Waals surface area contributed by atoms with Crippen molar-refractivity contribution in [1.82, 2.24) is 4.98 Å². The average Bonchev–Trinajstić information content (AvgIpc) is 2.07. The Labute approximate surface area is 65.8 Å². The molecule has 1 aromatic heterocycles. The van der Waals surface area contributed by atoms with Gasteiger partial charge in [-0.25, -0.2) is 0 Å². The first-order valence-electron chi connectivity index (χ1n) is 3.31. The largest absolute Gasteiger partial charge is 0.264 e. The summed E-state index contributed by atoms with van der Waals surface area (Å²) in [4.78, 5) is 3.94. The van der Waals surface area contributed by atoms with Gasteiger partial charge >= 0.3 is 0 Å². The van der Waals surface area contributed by atoms with Gasteiger partial charge in [-0.05, 0) is 24.1 Å². The molecule has 11 heavy (non-hydrogen) atoms. The Morgan fingerprint density at radius 3 is 3.09 bits per heavy atom. The molecule has 0 atom stereocenters. The quantitative estimate of drug-likeness (QED) is 0.565. The van der Waals surface area contributed by atoms with E-state index in [1.165, 1.54) is 6.08 Å². The SMILES string of the molecule is C/C(=C/C#N)c1cccnc1. The predicted octanol–water partition coefficient (Wildman–Crippen LogP) is 2.01. The maximum atomic E-state index is 8.35. The fourth-order valence-corrected chi connectivity index (χ4v) is 0.776. The molecule has 2 heteroatoms. The lowest BCUT2D eigenvalue weighted by atomic mass is 10.1. The third-order valence-electron chi connectivity index (χ3n) is 1.40. The van der Waals surface area contributed by atoms with Crippen molar-refractivity contribution in [3.63, 3.8) is 0 Å². The van der Waals surface area contributed by atoms with E-state index in [9.17, 15) is 0 Å². The van der Waals surface area contributed by atoms with Gasteiger partial charge in [0, 0.05) is 18.5 Å². The number of nitriles is 1. The lowest BCUT2D eigenvalue weighted by molar-refractivity contribution is 1.30. The highest BCUT2D eigenvalue weighted by Gasteiger charge is 1.91. The van der Waals surface area contributed by atoms with Crippen molar-refractivity contribution in [2.24, 2.45) is 0 Å². The van der Waals surface area contributed by atoms with E-state index in [4.69, 9.17) is 5.26 Å². The number of nitrogens with zero attached hydrogens (tertiary/aromatic N) is 2. The van der Waals surface area contributed by atoms with Gasteiger partial charge in [-0.2, -0.15) is 5.26 Å². The van der Waals surface area contributed by atoms with Gasteiger partial charge in [0.2, 0.25) is 0 Å². The van der Waals surface area contributed by atoms with Crippen LogP contribution in [0.1, 0.15) is 12.5 Å². The molecule has 1 aromatic rings. The average molecular weight is 144 g/mol. The van der Waals surface area contributed by atoms with Gasteiger partial charge in [0.1, 0.15) is 0 Å². The van der Waals surface area contributed by atoms with Crippen LogP contribution in [0, 0.1) is 11.3 Å². The van der Waals surface area contributed by atoms with Crippen LogP contribution in [0.3, 0.4) is 0 Å². The van der Waals surface area contributed by atoms with Crippen molar-refractivity contribution >= 4 is 5.57 Å². The molecule has 0 unspecified atom stereocenters. The first kappa shape index (κ1) is 7.49. The summed E-state index contributed by atoms with van der Waals surface area (Å²) in [7, 11) is 0. The number of hydrogen-bond acceptors (Lipinski definition) is 2. The zero-order chi connectivity index (χ0) is 8.10. The molecule has 2 nitrogen and oxygen atoms in total. The van der Waals surface area contributed by atoms with Crippen LogP contribution in [0.5, 0.6) is 0 Å². The minimum absolute atomic E-state index is 0.945. The molecule has 0 saturated carbocycles. The molecule has 0 radical (unpaired) electrons. The van der Waals surface area contributed by atoms with E-state index in [1.54, 1.807) is 12.4 Å². The molecule has 0 aliphatic rings. The monoisotopic (exact) mass is 144 g/mol. The second-order valence-corrected chi connectivity index (χ2v) is 2.20. The highest BCUT2D eigenvalue weighted by Crippen LogP contribution is 2.09. The number of pyridine rings is 1. The van der Waals surface area contributed by atoms with E-state index in [0.29, 0.717) is 0 Å². The Morgan fingerprint density at radius 2 is 2.55 bits per heavy atom. The zero-order valence-electron chi connectivity index (χ0n) is 6.28. The van der Waals surface area contributed by atoms with Gasteiger partial charge in [0.25, 0.3) is 0 Å². The molecule has 0 aliphatic carbocycles. The lowest BCUT2D eigenvalue weighted by Crippen LogP contribution is -1.79. The second kappa shape index (κ2) is 3.52. The number of allylic oxidation sites excluding steroid dienone is 2. The highest BCUT2D eigenvalue weighted by molar-refractivity contribution is 5.64. The number of aromatic nitrogens is 1. The molecule has 1 rings (SSSR count). The summed E-state index contributed by atoms with van der Waals surface area (Å²) in [6, 6.07) is 5.75. The van der Waals surface area contributed by atoms with Crippen molar-refractivity contribution in [2.45, 2.75) is 6.92 Å². The fourth-order valence-electron chi connectivity index (χ4n) is 0.776. The van der Waals surface area contributed by atoms with Gasteiger partial charge in [0.15, 0.2) is 0 Å². The van der Waals surface area contributed by atoms with Crippen molar-refractivity contribution in [1.29, 1.82) is 5.26 Å². The molecule has 0 N–H and O–H groups in total. The van der Waals surface area contributed by atoms with Crippen molar-refractivity contribution in [3.8, 4) is 6.07 Å². The summed E-state index contributed by atoms with van der Waals surface area (Å²) < 4.78 is 0. The van der Waals surface area contributed by atoms with Gasteiger partial charge < -0.3 is 0 Å². The lowest BCUT2D eigenvalue weighted by Gasteiger charge is -1.95. The van der Waals surface area contributed by atoms with Gasteiger partial charge in [0.05, 0.1) is 6.07 Å². The third-order valence-corrected chi connectivity index (χ3v) is 1.40. The van der Waals surface area contributed by atoms with E-state index >= 15 is 0 Å². The summed E-state index contributed by atoms with van der Waals surface area (Å²) in [6.45, 7) is 1.89. The van der Waals surface area contributed by atoms with Gasteiger partial charge in [-0.3, -0.25) is 4.98 Å². The fraction of sp³-hybridized carbons (Fsp3) is 0.111. The Bertz CT molecular complexity index is 293. The molecule has 54 valence electrons. The van der Waals surface area contributed by atoms with Crippen LogP contribution in [-0.2, 0) is 0 Å². The molecule has 0 spiro atoms. The molecule has 0 fully saturated rings. The summed E-state index contributed by atoms with van der Waals surface area (Å²) in [5, 5.41) is 8.35. The standard InChI is InChI=1S/C9H8N2/c1-8(4-5-10)9-3-2-6-11-7-9/h2-4,6-7H,1H3/b8-4-. The van der Waals surface area contributed by atoms with Crippen molar-refractivity contribution < 1.29 is 0 Å². The first-order valence-corrected chi connectivity index (χ1v) is 3.31. The van der Waals surface area contributed by atoms with Crippen LogP contribution >= 0.6 is 0 Å². The maximum absolute atomic E-state index is 8.35. The molecule has 0 bridgehead atoms. The summed E-state index contributed by atoms with van der Waals surface area (Å²) >= 11 is 0.